The number of piperidine rings is 2. The standard InChI is InChI=1S/C42H43N7O2/c1-26-33(23-43)9-6-10-35(26)27(2)45-40-36-22-38(44-24-37(36)28(3)47-48-40)32-8-5-7-29(21-32)25-49-19-16-31(17-20-49)30-11-13-34(14-12-30)42(4)18-15-39(50)46-41(42)51/h5-14,21-22,24,27,31H,15-20,25H2,1-4H3,(H,45,48)(H,46,50,51)/t27-,42-/m1/s1. The van der Waals surface area contributed by atoms with Crippen molar-refractivity contribution in [1.82, 2.24) is 25.4 Å². The second-order valence-electron chi connectivity index (χ2n) is 14.3. The highest BCUT2D eigenvalue weighted by Gasteiger charge is 2.40. The van der Waals surface area contributed by atoms with Crippen LogP contribution in [0.3, 0.4) is 0 Å². The summed E-state index contributed by atoms with van der Waals surface area (Å²) in [6.07, 6.45) is 4.96. The third-order valence-electron chi connectivity index (χ3n) is 11.0. The molecular formula is C42H43N7O2. The highest BCUT2D eigenvalue weighted by molar-refractivity contribution is 6.03. The van der Waals surface area contributed by atoms with Crippen molar-refractivity contribution in [3.8, 4) is 17.3 Å². The number of fused-ring (bicyclic) bond motifs is 1. The number of pyridine rings is 1. The van der Waals surface area contributed by atoms with Gasteiger partial charge in [-0.1, -0.05) is 54.6 Å². The van der Waals surface area contributed by atoms with Crippen LogP contribution in [0.2, 0.25) is 0 Å². The van der Waals surface area contributed by atoms with E-state index in [1.54, 1.807) is 0 Å². The molecule has 2 amide bonds. The molecule has 2 aromatic heterocycles. The number of aromatic nitrogens is 3. The number of nitrogens with zero attached hydrogens (tertiary/aromatic N) is 5. The largest absolute Gasteiger partial charge is 0.362 e. The van der Waals surface area contributed by atoms with Crippen molar-refractivity contribution < 1.29 is 9.59 Å². The molecule has 3 aromatic carbocycles. The number of carbonyl (C=O) groups excluding carboxylic acids is 2. The number of nitrogens with one attached hydrogen (secondary N) is 2. The Labute approximate surface area is 299 Å². The second-order valence-corrected chi connectivity index (χ2v) is 14.3. The van der Waals surface area contributed by atoms with Crippen LogP contribution in [0.15, 0.2) is 79.0 Å². The molecule has 4 heterocycles. The SMILES string of the molecule is Cc1c(C#N)cccc1[C@@H](C)Nc1nnc(C)c2cnc(-c3cccc(CN4CCC(c5ccc([C@@]6(C)CCC(=O)NC6=O)cc5)CC4)c3)cc12. The van der Waals surface area contributed by atoms with Crippen molar-refractivity contribution >= 4 is 28.4 Å². The molecule has 9 heteroatoms. The van der Waals surface area contributed by atoms with Crippen LogP contribution in [-0.2, 0) is 21.5 Å². The number of benzene rings is 3. The smallest absolute Gasteiger partial charge is 0.236 e. The number of imide groups is 1. The first kappa shape index (κ1) is 34.0. The van der Waals surface area contributed by atoms with E-state index >= 15 is 0 Å². The lowest BCUT2D eigenvalue weighted by Gasteiger charge is -2.34. The van der Waals surface area contributed by atoms with Gasteiger partial charge in [-0.15, -0.1) is 5.10 Å². The summed E-state index contributed by atoms with van der Waals surface area (Å²) in [7, 11) is 0. The third kappa shape index (κ3) is 6.84. The number of carbonyl (C=O) groups is 2. The van der Waals surface area contributed by atoms with E-state index in [4.69, 9.17) is 4.98 Å². The zero-order valence-corrected chi connectivity index (χ0v) is 29.7. The third-order valence-corrected chi connectivity index (χ3v) is 11.0. The summed E-state index contributed by atoms with van der Waals surface area (Å²) in [5.74, 6) is 0.778. The molecule has 0 spiro atoms. The van der Waals surface area contributed by atoms with Gasteiger partial charge in [0.15, 0.2) is 5.82 Å². The molecule has 0 bridgehead atoms. The van der Waals surface area contributed by atoms with Crippen molar-refractivity contribution in [3.63, 3.8) is 0 Å². The van der Waals surface area contributed by atoms with Gasteiger partial charge in [-0.3, -0.25) is 24.8 Å². The van der Waals surface area contributed by atoms with Gasteiger partial charge >= 0.3 is 0 Å². The summed E-state index contributed by atoms with van der Waals surface area (Å²) in [6.45, 7) is 10.8. The Kier molecular flexibility index (Phi) is 9.37. The van der Waals surface area contributed by atoms with E-state index in [2.05, 4.69) is 93.3 Å². The quantitative estimate of drug-likeness (QED) is 0.163. The summed E-state index contributed by atoms with van der Waals surface area (Å²) in [4.78, 5) is 31.7. The molecule has 2 aliphatic rings. The van der Waals surface area contributed by atoms with Gasteiger partial charge in [-0.05, 0) is 112 Å². The molecule has 0 saturated carbocycles. The summed E-state index contributed by atoms with van der Waals surface area (Å²) < 4.78 is 0. The van der Waals surface area contributed by atoms with E-state index in [9.17, 15) is 14.9 Å². The molecule has 51 heavy (non-hydrogen) atoms. The minimum atomic E-state index is -0.664. The molecule has 2 aliphatic heterocycles. The average Bonchev–Trinajstić information content (AvgIpc) is 3.15. The fourth-order valence-corrected chi connectivity index (χ4v) is 7.68. The molecule has 7 rings (SSSR count). The number of likely N-dealkylation sites (tertiary alicyclic amines) is 1. The molecule has 258 valence electrons. The zero-order valence-electron chi connectivity index (χ0n) is 29.7. The van der Waals surface area contributed by atoms with Crippen LogP contribution in [0.5, 0.6) is 0 Å². The highest BCUT2D eigenvalue weighted by Crippen LogP contribution is 2.35. The summed E-state index contributed by atoms with van der Waals surface area (Å²) in [6, 6.07) is 27.2. The van der Waals surface area contributed by atoms with E-state index in [0.717, 1.165) is 76.9 Å². The number of amides is 2. The van der Waals surface area contributed by atoms with E-state index in [1.807, 2.05) is 45.2 Å². The Morgan fingerprint density at radius 3 is 2.51 bits per heavy atom. The number of anilines is 1. The van der Waals surface area contributed by atoms with E-state index < -0.39 is 5.41 Å². The predicted octanol–water partition coefficient (Wildman–Crippen LogP) is 7.43. The van der Waals surface area contributed by atoms with Gasteiger partial charge in [0.2, 0.25) is 11.8 Å². The molecular weight excluding hydrogens is 635 g/mol. The van der Waals surface area contributed by atoms with E-state index in [1.165, 1.54) is 11.1 Å². The Bertz CT molecular complexity index is 2170. The van der Waals surface area contributed by atoms with E-state index in [0.29, 0.717) is 30.1 Å². The van der Waals surface area contributed by atoms with Crippen LogP contribution in [-0.4, -0.2) is 45.0 Å². The average molecular weight is 678 g/mol. The predicted molar refractivity (Wildman–Crippen MR) is 199 cm³/mol. The lowest BCUT2D eigenvalue weighted by Crippen LogP contribution is -2.49. The van der Waals surface area contributed by atoms with Crippen LogP contribution in [0.4, 0.5) is 5.82 Å². The van der Waals surface area contributed by atoms with Gasteiger partial charge in [-0.2, -0.15) is 10.4 Å². The van der Waals surface area contributed by atoms with Crippen molar-refractivity contribution in [2.24, 2.45) is 0 Å². The molecule has 9 nitrogen and oxygen atoms in total. The molecule has 2 fully saturated rings. The van der Waals surface area contributed by atoms with Crippen molar-refractivity contribution in [3.05, 3.63) is 118 Å². The molecule has 2 N–H and O–H groups in total. The minimum absolute atomic E-state index is 0.0803. The second kappa shape index (κ2) is 14.0. The van der Waals surface area contributed by atoms with Crippen LogP contribution in [0, 0.1) is 25.2 Å². The lowest BCUT2D eigenvalue weighted by molar-refractivity contribution is -0.137. The van der Waals surface area contributed by atoms with Crippen LogP contribution in [0.1, 0.15) is 90.6 Å². The van der Waals surface area contributed by atoms with Gasteiger partial charge in [0.25, 0.3) is 0 Å². The van der Waals surface area contributed by atoms with Gasteiger partial charge in [0.1, 0.15) is 0 Å². The summed E-state index contributed by atoms with van der Waals surface area (Å²) in [5.41, 5.74) is 8.30. The number of aryl methyl sites for hydroxylation is 1. The highest BCUT2D eigenvalue weighted by atomic mass is 16.2. The lowest BCUT2D eigenvalue weighted by atomic mass is 9.75. The maximum atomic E-state index is 12.6. The first-order valence-corrected chi connectivity index (χ1v) is 17.8. The van der Waals surface area contributed by atoms with Crippen molar-refractivity contribution in [2.75, 3.05) is 18.4 Å². The first-order valence-electron chi connectivity index (χ1n) is 17.8. The maximum absolute atomic E-state index is 12.6. The molecule has 0 unspecified atom stereocenters. The summed E-state index contributed by atoms with van der Waals surface area (Å²) in [5, 5.41) is 26.5. The van der Waals surface area contributed by atoms with Crippen LogP contribution < -0.4 is 10.6 Å². The van der Waals surface area contributed by atoms with Crippen LogP contribution in [0.25, 0.3) is 22.0 Å². The number of hydrogen-bond acceptors (Lipinski definition) is 8. The minimum Gasteiger partial charge on any atom is -0.362 e. The Balaban J connectivity index is 1.03. The van der Waals surface area contributed by atoms with Crippen molar-refractivity contribution in [2.45, 2.75) is 77.3 Å². The number of nitriles is 1. The number of hydrogen-bond donors (Lipinski definition) is 2. The topological polar surface area (TPSA) is 124 Å². The Morgan fingerprint density at radius 1 is 1.00 bits per heavy atom. The fraction of sp³-hybridized carbons (Fsp3) is 0.333. The van der Waals surface area contributed by atoms with Gasteiger partial charge in [0.05, 0.1) is 34.5 Å². The Hall–Kier alpha value is -5.46. The normalized spacial score (nSPS) is 19.0. The van der Waals surface area contributed by atoms with Gasteiger partial charge in [0, 0.05) is 35.5 Å². The maximum Gasteiger partial charge on any atom is 0.236 e. The molecule has 2 saturated heterocycles. The summed E-state index contributed by atoms with van der Waals surface area (Å²) >= 11 is 0. The Morgan fingerprint density at radius 2 is 1.76 bits per heavy atom. The first-order chi connectivity index (χ1) is 24.6. The molecule has 2 atom stereocenters. The number of rotatable bonds is 8. The molecule has 0 aliphatic carbocycles. The fourth-order valence-electron chi connectivity index (χ4n) is 7.68. The molecule has 5 aromatic rings. The molecule has 0 radical (unpaired) electrons. The monoisotopic (exact) mass is 677 g/mol. The van der Waals surface area contributed by atoms with Gasteiger partial charge < -0.3 is 5.32 Å². The van der Waals surface area contributed by atoms with Crippen LogP contribution >= 0.6 is 0 Å². The van der Waals surface area contributed by atoms with Gasteiger partial charge in [-0.25, -0.2) is 0 Å². The zero-order chi connectivity index (χ0) is 35.7. The van der Waals surface area contributed by atoms with Crippen molar-refractivity contribution in [1.29, 1.82) is 5.26 Å². The van der Waals surface area contributed by atoms with E-state index in [-0.39, 0.29) is 17.9 Å².